The third-order valence-electron chi connectivity index (χ3n) is 2.77. The van der Waals surface area contributed by atoms with Gasteiger partial charge in [-0.2, -0.15) is 5.26 Å². The van der Waals surface area contributed by atoms with Crippen LogP contribution in [0, 0.1) is 11.3 Å². The van der Waals surface area contributed by atoms with Gasteiger partial charge in [-0.15, -0.1) is 11.3 Å². The number of methoxy groups -OCH3 is 1. The SMILES string of the molecule is CCCCCCc1ccc(/C=C(\C#N)C(=O)OC)s1. The van der Waals surface area contributed by atoms with Crippen molar-refractivity contribution in [2.75, 3.05) is 7.11 Å². The molecule has 102 valence electrons. The Morgan fingerprint density at radius 3 is 2.84 bits per heavy atom. The lowest BCUT2D eigenvalue weighted by molar-refractivity contribution is -0.135. The van der Waals surface area contributed by atoms with Crippen molar-refractivity contribution < 1.29 is 9.53 Å². The molecule has 1 aromatic heterocycles. The maximum absolute atomic E-state index is 11.3. The third-order valence-corrected chi connectivity index (χ3v) is 3.86. The van der Waals surface area contributed by atoms with Crippen LogP contribution in [0.5, 0.6) is 0 Å². The molecule has 1 aromatic rings. The number of rotatable bonds is 7. The molecule has 0 amide bonds. The first-order chi connectivity index (χ1) is 9.21. The van der Waals surface area contributed by atoms with Gasteiger partial charge in [-0.25, -0.2) is 4.79 Å². The van der Waals surface area contributed by atoms with E-state index in [1.807, 2.05) is 12.1 Å². The van der Waals surface area contributed by atoms with Crippen LogP contribution in [-0.4, -0.2) is 13.1 Å². The van der Waals surface area contributed by atoms with Gasteiger partial charge in [0.25, 0.3) is 0 Å². The van der Waals surface area contributed by atoms with Crippen molar-refractivity contribution in [3.8, 4) is 6.07 Å². The van der Waals surface area contributed by atoms with Gasteiger partial charge in [0.1, 0.15) is 11.6 Å². The van der Waals surface area contributed by atoms with Gasteiger partial charge in [-0.1, -0.05) is 26.2 Å². The number of hydrogen-bond donors (Lipinski definition) is 0. The first-order valence-corrected chi connectivity index (χ1v) is 7.31. The minimum atomic E-state index is -0.583. The van der Waals surface area contributed by atoms with Crippen LogP contribution in [-0.2, 0) is 16.0 Å². The van der Waals surface area contributed by atoms with Gasteiger partial charge < -0.3 is 4.74 Å². The first kappa shape index (κ1) is 15.5. The summed E-state index contributed by atoms with van der Waals surface area (Å²) in [4.78, 5) is 13.5. The fraction of sp³-hybridized carbons (Fsp3) is 0.467. The number of thiophene rings is 1. The van der Waals surface area contributed by atoms with E-state index in [2.05, 4.69) is 17.7 Å². The summed E-state index contributed by atoms with van der Waals surface area (Å²) in [6, 6.07) is 5.87. The van der Waals surface area contributed by atoms with Gasteiger partial charge in [0, 0.05) is 9.75 Å². The van der Waals surface area contributed by atoms with E-state index >= 15 is 0 Å². The lowest BCUT2D eigenvalue weighted by Crippen LogP contribution is -2.02. The zero-order valence-corrected chi connectivity index (χ0v) is 12.3. The number of carbonyl (C=O) groups excluding carboxylic acids is 1. The predicted molar refractivity (Wildman–Crippen MR) is 77.8 cm³/mol. The number of esters is 1. The fourth-order valence-corrected chi connectivity index (χ4v) is 2.72. The van der Waals surface area contributed by atoms with Crippen LogP contribution < -0.4 is 0 Å². The summed E-state index contributed by atoms with van der Waals surface area (Å²) in [6.45, 7) is 2.20. The number of carbonyl (C=O) groups is 1. The molecule has 0 atom stereocenters. The molecule has 19 heavy (non-hydrogen) atoms. The molecule has 0 saturated carbocycles. The largest absolute Gasteiger partial charge is 0.465 e. The lowest BCUT2D eigenvalue weighted by atomic mass is 10.1. The van der Waals surface area contributed by atoms with Crippen LogP contribution >= 0.6 is 11.3 Å². The van der Waals surface area contributed by atoms with E-state index in [4.69, 9.17) is 5.26 Å². The third kappa shape index (κ3) is 5.27. The summed E-state index contributed by atoms with van der Waals surface area (Å²) in [5.41, 5.74) is 0.0434. The number of nitriles is 1. The summed E-state index contributed by atoms with van der Waals surface area (Å²) < 4.78 is 4.55. The zero-order chi connectivity index (χ0) is 14.1. The Kier molecular flexibility index (Phi) is 6.91. The second-order valence-electron chi connectivity index (χ2n) is 4.28. The summed E-state index contributed by atoms with van der Waals surface area (Å²) in [7, 11) is 1.28. The molecule has 1 heterocycles. The highest BCUT2D eigenvalue weighted by Gasteiger charge is 2.09. The smallest absolute Gasteiger partial charge is 0.348 e. The molecule has 0 radical (unpaired) electrons. The summed E-state index contributed by atoms with van der Waals surface area (Å²) in [5, 5.41) is 8.88. The average molecular weight is 277 g/mol. The molecule has 0 aliphatic heterocycles. The van der Waals surface area contributed by atoms with E-state index in [0.29, 0.717) is 0 Å². The van der Waals surface area contributed by atoms with Crippen LogP contribution in [0.4, 0.5) is 0 Å². The number of unbranched alkanes of at least 4 members (excludes halogenated alkanes) is 3. The van der Waals surface area contributed by atoms with Crippen molar-refractivity contribution >= 4 is 23.4 Å². The minimum absolute atomic E-state index is 0.0434. The maximum Gasteiger partial charge on any atom is 0.348 e. The van der Waals surface area contributed by atoms with Gasteiger partial charge in [-0.3, -0.25) is 0 Å². The number of aryl methyl sites for hydroxylation is 1. The molecule has 0 fully saturated rings. The highest BCUT2D eigenvalue weighted by atomic mass is 32.1. The molecule has 0 unspecified atom stereocenters. The van der Waals surface area contributed by atoms with Gasteiger partial charge in [0.15, 0.2) is 0 Å². The first-order valence-electron chi connectivity index (χ1n) is 6.50. The van der Waals surface area contributed by atoms with Crippen LogP contribution in [0.3, 0.4) is 0 Å². The Bertz CT molecular complexity index is 483. The highest BCUT2D eigenvalue weighted by Crippen LogP contribution is 2.21. The highest BCUT2D eigenvalue weighted by molar-refractivity contribution is 7.12. The number of nitrogens with zero attached hydrogens (tertiary/aromatic N) is 1. The quantitative estimate of drug-likeness (QED) is 0.328. The predicted octanol–water partition coefficient (Wildman–Crippen LogP) is 3.95. The van der Waals surface area contributed by atoms with Gasteiger partial charge in [-0.05, 0) is 31.1 Å². The Morgan fingerprint density at radius 1 is 1.42 bits per heavy atom. The topological polar surface area (TPSA) is 50.1 Å². The summed E-state index contributed by atoms with van der Waals surface area (Å²) >= 11 is 1.63. The Morgan fingerprint density at radius 2 is 2.21 bits per heavy atom. The van der Waals surface area contributed by atoms with E-state index < -0.39 is 5.97 Å². The van der Waals surface area contributed by atoms with E-state index in [-0.39, 0.29) is 5.57 Å². The van der Waals surface area contributed by atoms with Crippen LogP contribution in [0.2, 0.25) is 0 Å². The standard InChI is InChI=1S/C15H19NO2S/c1-3-4-5-6-7-13-8-9-14(19-13)10-12(11-16)15(17)18-2/h8-10H,3-7H2,1-2H3/b12-10+. The molecule has 0 spiro atoms. The fourth-order valence-electron chi connectivity index (χ4n) is 1.72. The number of hydrogen-bond acceptors (Lipinski definition) is 4. The molecule has 3 nitrogen and oxygen atoms in total. The lowest BCUT2D eigenvalue weighted by Gasteiger charge is -1.96. The monoisotopic (exact) mass is 277 g/mol. The molecule has 0 aromatic carbocycles. The second-order valence-corrected chi connectivity index (χ2v) is 5.48. The Hall–Kier alpha value is -1.60. The molecule has 0 aliphatic carbocycles. The summed E-state index contributed by atoms with van der Waals surface area (Å²) in [5.74, 6) is -0.583. The molecule has 0 bridgehead atoms. The molecule has 0 N–H and O–H groups in total. The molecule has 0 aliphatic rings. The van der Waals surface area contributed by atoms with E-state index in [1.54, 1.807) is 17.4 Å². The van der Waals surface area contributed by atoms with E-state index in [1.165, 1.54) is 37.7 Å². The maximum atomic E-state index is 11.3. The van der Waals surface area contributed by atoms with Crippen molar-refractivity contribution in [3.05, 3.63) is 27.5 Å². The van der Waals surface area contributed by atoms with Crippen LogP contribution in [0.15, 0.2) is 17.7 Å². The molecule has 4 heteroatoms. The van der Waals surface area contributed by atoms with Crippen molar-refractivity contribution in [1.82, 2.24) is 0 Å². The minimum Gasteiger partial charge on any atom is -0.465 e. The molecular weight excluding hydrogens is 258 g/mol. The van der Waals surface area contributed by atoms with Crippen molar-refractivity contribution in [3.63, 3.8) is 0 Å². The van der Waals surface area contributed by atoms with Gasteiger partial charge in [0.2, 0.25) is 0 Å². The molecular formula is C15H19NO2S. The van der Waals surface area contributed by atoms with Gasteiger partial charge >= 0.3 is 5.97 Å². The van der Waals surface area contributed by atoms with Crippen LogP contribution in [0.1, 0.15) is 42.4 Å². The average Bonchev–Trinajstić information content (AvgIpc) is 2.87. The molecule has 1 rings (SSSR count). The van der Waals surface area contributed by atoms with E-state index in [9.17, 15) is 4.79 Å². The Labute approximate surface area is 118 Å². The molecule has 0 saturated heterocycles. The Balaban J connectivity index is 2.61. The second kappa shape index (κ2) is 8.49. The van der Waals surface area contributed by atoms with Crippen molar-refractivity contribution in [1.29, 1.82) is 5.26 Å². The zero-order valence-electron chi connectivity index (χ0n) is 11.4. The van der Waals surface area contributed by atoms with Crippen molar-refractivity contribution in [2.24, 2.45) is 0 Å². The summed E-state index contributed by atoms with van der Waals surface area (Å²) in [6.07, 6.45) is 7.62. The van der Waals surface area contributed by atoms with Crippen LogP contribution in [0.25, 0.3) is 6.08 Å². The van der Waals surface area contributed by atoms with Crippen molar-refractivity contribution in [2.45, 2.75) is 39.0 Å². The van der Waals surface area contributed by atoms with Gasteiger partial charge in [0.05, 0.1) is 7.11 Å². The normalized spacial score (nSPS) is 11.1. The number of ether oxygens (including phenoxy) is 1. The van der Waals surface area contributed by atoms with E-state index in [0.717, 1.165) is 11.3 Å².